The first-order valence-corrected chi connectivity index (χ1v) is 7.42. The Bertz CT molecular complexity index is 408. The Morgan fingerprint density at radius 1 is 1.26 bits per heavy atom. The standard InChI is InChI=1S/C14H19BrN2O.ClH/c15-12-5-4-6-13(11-12)16-14(18)7-10-17-8-2-1-3-9-17;/h4-6,11H,1-3,7-10H2,(H,16,18);1H. The molecule has 0 saturated carbocycles. The van der Waals surface area contributed by atoms with Crippen LogP contribution in [0, 0.1) is 0 Å². The van der Waals surface area contributed by atoms with Crippen LogP contribution in [0.2, 0.25) is 0 Å². The van der Waals surface area contributed by atoms with Gasteiger partial charge < -0.3 is 22.6 Å². The lowest BCUT2D eigenvalue weighted by Gasteiger charge is -2.23. The molecule has 0 aliphatic carbocycles. The molecule has 1 saturated heterocycles. The lowest BCUT2D eigenvalue weighted by atomic mass is 10.1. The molecule has 1 amide bonds. The first-order valence-electron chi connectivity index (χ1n) is 6.63. The van der Waals surface area contributed by atoms with Crippen molar-refractivity contribution >= 4 is 27.5 Å². The van der Waals surface area contributed by atoms with Crippen LogP contribution < -0.4 is 22.6 Å². The van der Waals surface area contributed by atoms with Crippen LogP contribution in [-0.2, 0) is 4.79 Å². The van der Waals surface area contributed by atoms with E-state index in [2.05, 4.69) is 21.2 Å². The van der Waals surface area contributed by atoms with Crippen molar-refractivity contribution in [3.8, 4) is 0 Å². The molecule has 1 heterocycles. The van der Waals surface area contributed by atoms with Gasteiger partial charge in [-0.2, -0.15) is 0 Å². The van der Waals surface area contributed by atoms with Crippen molar-refractivity contribution < 1.29 is 22.1 Å². The van der Waals surface area contributed by atoms with Crippen LogP contribution in [0.25, 0.3) is 0 Å². The maximum absolute atomic E-state index is 11.8. The van der Waals surface area contributed by atoms with Gasteiger partial charge in [0.05, 0.1) is 26.1 Å². The normalized spacial score (nSPS) is 15.6. The molecule has 3 nitrogen and oxygen atoms in total. The first kappa shape index (κ1) is 16.5. The highest BCUT2D eigenvalue weighted by molar-refractivity contribution is 9.10. The quantitative estimate of drug-likeness (QED) is 0.709. The Morgan fingerprint density at radius 3 is 2.68 bits per heavy atom. The number of piperidine rings is 1. The summed E-state index contributed by atoms with van der Waals surface area (Å²) in [4.78, 5) is 13.4. The molecule has 0 spiro atoms. The lowest BCUT2D eigenvalue weighted by molar-refractivity contribution is -0.904. The van der Waals surface area contributed by atoms with E-state index in [1.165, 1.54) is 32.4 Å². The molecule has 1 aromatic rings. The number of amides is 1. The van der Waals surface area contributed by atoms with Crippen LogP contribution in [0.3, 0.4) is 0 Å². The zero-order valence-electron chi connectivity index (χ0n) is 10.9. The Kier molecular flexibility index (Phi) is 7.42. The third-order valence-corrected chi connectivity index (χ3v) is 3.87. The van der Waals surface area contributed by atoms with Crippen molar-refractivity contribution in [3.63, 3.8) is 0 Å². The molecular formula is C14H20BrClN2O. The molecule has 1 aliphatic rings. The average molecular weight is 348 g/mol. The number of carbonyl (C=O) groups is 1. The van der Waals surface area contributed by atoms with E-state index in [1.54, 1.807) is 4.90 Å². The number of benzene rings is 1. The summed E-state index contributed by atoms with van der Waals surface area (Å²) in [5.74, 6) is 0.117. The number of hydrogen-bond acceptors (Lipinski definition) is 1. The van der Waals surface area contributed by atoms with Gasteiger partial charge in [0.1, 0.15) is 0 Å². The number of hydrogen-bond donors (Lipinski definition) is 2. The minimum absolute atomic E-state index is 0. The van der Waals surface area contributed by atoms with Gasteiger partial charge in [-0.25, -0.2) is 0 Å². The third kappa shape index (κ3) is 5.93. The summed E-state index contributed by atoms with van der Waals surface area (Å²) < 4.78 is 0.988. The first-order chi connectivity index (χ1) is 8.74. The highest BCUT2D eigenvalue weighted by Gasteiger charge is 2.14. The molecule has 1 fully saturated rings. The van der Waals surface area contributed by atoms with E-state index in [0.29, 0.717) is 6.42 Å². The maximum Gasteiger partial charge on any atom is 0.230 e. The zero-order valence-corrected chi connectivity index (χ0v) is 13.3. The highest BCUT2D eigenvalue weighted by Crippen LogP contribution is 2.15. The summed E-state index contributed by atoms with van der Waals surface area (Å²) in [6.07, 6.45) is 4.58. The molecule has 0 atom stereocenters. The van der Waals surface area contributed by atoms with Gasteiger partial charge in [0.2, 0.25) is 5.91 Å². The van der Waals surface area contributed by atoms with E-state index in [-0.39, 0.29) is 18.3 Å². The summed E-state index contributed by atoms with van der Waals surface area (Å²) in [6, 6.07) is 7.71. The number of halogens is 2. The zero-order chi connectivity index (χ0) is 12.8. The molecule has 0 aromatic heterocycles. The summed E-state index contributed by atoms with van der Waals surface area (Å²) >= 11 is 3.40. The number of carbonyl (C=O) groups excluding carboxylic acids is 1. The van der Waals surface area contributed by atoms with Crippen molar-refractivity contribution in [2.24, 2.45) is 0 Å². The number of likely N-dealkylation sites (tertiary alicyclic amines) is 1. The van der Waals surface area contributed by atoms with Gasteiger partial charge >= 0.3 is 0 Å². The largest absolute Gasteiger partial charge is 1.00 e. The summed E-state index contributed by atoms with van der Waals surface area (Å²) in [5, 5.41) is 2.94. The number of quaternary nitrogens is 1. The van der Waals surface area contributed by atoms with E-state index in [1.807, 2.05) is 24.3 Å². The van der Waals surface area contributed by atoms with Crippen LogP contribution in [0.4, 0.5) is 5.69 Å². The van der Waals surface area contributed by atoms with Crippen molar-refractivity contribution in [1.29, 1.82) is 0 Å². The Morgan fingerprint density at radius 2 is 2.00 bits per heavy atom. The predicted molar refractivity (Wildman–Crippen MR) is 76.8 cm³/mol. The third-order valence-electron chi connectivity index (χ3n) is 3.37. The average Bonchev–Trinajstić information content (AvgIpc) is 2.38. The molecule has 1 aliphatic heterocycles. The van der Waals surface area contributed by atoms with Crippen LogP contribution in [0.1, 0.15) is 25.7 Å². The van der Waals surface area contributed by atoms with Gasteiger partial charge in [-0.15, -0.1) is 0 Å². The lowest BCUT2D eigenvalue weighted by Crippen LogP contribution is -3.12. The molecule has 106 valence electrons. The number of nitrogens with one attached hydrogen (secondary N) is 2. The highest BCUT2D eigenvalue weighted by atomic mass is 79.9. The van der Waals surface area contributed by atoms with Crippen molar-refractivity contribution in [2.75, 3.05) is 25.0 Å². The second-order valence-corrected chi connectivity index (χ2v) is 5.78. The molecule has 2 rings (SSSR count). The smallest absolute Gasteiger partial charge is 0.230 e. The van der Waals surface area contributed by atoms with E-state index >= 15 is 0 Å². The molecule has 0 bridgehead atoms. The van der Waals surface area contributed by atoms with Crippen LogP contribution in [0.5, 0.6) is 0 Å². The number of rotatable bonds is 4. The molecule has 1 aromatic carbocycles. The molecule has 19 heavy (non-hydrogen) atoms. The number of anilines is 1. The van der Waals surface area contributed by atoms with Gasteiger partial charge in [0.15, 0.2) is 0 Å². The second-order valence-electron chi connectivity index (χ2n) is 4.87. The summed E-state index contributed by atoms with van der Waals surface area (Å²) in [6.45, 7) is 3.41. The SMILES string of the molecule is O=C(CC[NH+]1CCCCC1)Nc1cccc(Br)c1.[Cl-]. The molecular weight excluding hydrogens is 328 g/mol. The van der Waals surface area contributed by atoms with Gasteiger partial charge in [-0.3, -0.25) is 4.79 Å². The molecule has 2 N–H and O–H groups in total. The molecule has 0 unspecified atom stereocenters. The van der Waals surface area contributed by atoms with Gasteiger partial charge in [-0.05, 0) is 37.5 Å². The van der Waals surface area contributed by atoms with E-state index < -0.39 is 0 Å². The Hall–Kier alpha value is -0.580. The van der Waals surface area contributed by atoms with Crippen molar-refractivity contribution in [2.45, 2.75) is 25.7 Å². The van der Waals surface area contributed by atoms with Gasteiger partial charge in [0, 0.05) is 10.2 Å². The Labute approximate surface area is 129 Å². The van der Waals surface area contributed by atoms with Crippen molar-refractivity contribution in [1.82, 2.24) is 0 Å². The predicted octanol–water partition coefficient (Wildman–Crippen LogP) is -1.15. The topological polar surface area (TPSA) is 33.5 Å². The Balaban J connectivity index is 0.00000180. The van der Waals surface area contributed by atoms with Gasteiger partial charge in [0.25, 0.3) is 0 Å². The molecule has 5 heteroatoms. The van der Waals surface area contributed by atoms with Crippen molar-refractivity contribution in [3.05, 3.63) is 28.7 Å². The minimum atomic E-state index is 0. The van der Waals surface area contributed by atoms with Gasteiger partial charge in [-0.1, -0.05) is 22.0 Å². The maximum atomic E-state index is 11.8. The fourth-order valence-corrected chi connectivity index (χ4v) is 2.78. The second kappa shape index (κ2) is 8.56. The minimum Gasteiger partial charge on any atom is -1.00 e. The van der Waals surface area contributed by atoms with Crippen LogP contribution in [0.15, 0.2) is 28.7 Å². The van der Waals surface area contributed by atoms with E-state index in [9.17, 15) is 4.79 Å². The van der Waals surface area contributed by atoms with E-state index in [0.717, 1.165) is 16.7 Å². The van der Waals surface area contributed by atoms with Crippen LogP contribution in [-0.4, -0.2) is 25.5 Å². The fraction of sp³-hybridized carbons (Fsp3) is 0.500. The fourth-order valence-electron chi connectivity index (χ4n) is 2.38. The molecule has 0 radical (unpaired) electrons. The monoisotopic (exact) mass is 346 g/mol. The summed E-state index contributed by atoms with van der Waals surface area (Å²) in [5.41, 5.74) is 0.864. The summed E-state index contributed by atoms with van der Waals surface area (Å²) in [7, 11) is 0. The van der Waals surface area contributed by atoms with E-state index in [4.69, 9.17) is 0 Å². The van der Waals surface area contributed by atoms with Crippen LogP contribution >= 0.6 is 15.9 Å².